The van der Waals surface area contributed by atoms with Crippen LogP contribution in [0, 0.1) is 0 Å². The van der Waals surface area contributed by atoms with E-state index in [1.165, 1.54) is 5.56 Å². The maximum atomic E-state index is 11.6. The lowest BCUT2D eigenvalue weighted by molar-refractivity contribution is -0.142. The molecule has 3 nitrogen and oxygen atoms in total. The van der Waals surface area contributed by atoms with E-state index in [-0.39, 0.29) is 10.8 Å². The fourth-order valence-corrected chi connectivity index (χ4v) is 2.27. The SMILES string of the molecule is CCCOC(=O)C(Br)CCCc1ccc(OCC)cc1. The molecule has 1 aromatic carbocycles. The molecule has 0 aliphatic carbocycles. The topological polar surface area (TPSA) is 35.5 Å². The predicted molar refractivity (Wildman–Crippen MR) is 84.5 cm³/mol. The lowest BCUT2D eigenvalue weighted by atomic mass is 10.1. The molecule has 4 heteroatoms. The average Bonchev–Trinajstić information content (AvgIpc) is 2.46. The Morgan fingerprint density at radius 2 is 1.95 bits per heavy atom. The molecule has 0 radical (unpaired) electrons. The number of hydrogen-bond donors (Lipinski definition) is 0. The molecule has 0 aliphatic heterocycles. The zero-order valence-electron chi connectivity index (χ0n) is 12.2. The summed E-state index contributed by atoms with van der Waals surface area (Å²) in [5.41, 5.74) is 1.26. The van der Waals surface area contributed by atoms with Crippen LogP contribution in [0.5, 0.6) is 5.75 Å². The van der Waals surface area contributed by atoms with E-state index in [2.05, 4.69) is 28.1 Å². The molecule has 0 amide bonds. The Balaban J connectivity index is 2.27. The van der Waals surface area contributed by atoms with E-state index in [9.17, 15) is 4.79 Å². The predicted octanol–water partition coefficient (Wildman–Crippen LogP) is 4.12. The smallest absolute Gasteiger partial charge is 0.319 e. The molecule has 1 rings (SSSR count). The first-order valence-corrected chi connectivity index (χ1v) is 8.11. The zero-order chi connectivity index (χ0) is 14.8. The first-order chi connectivity index (χ1) is 9.67. The van der Waals surface area contributed by atoms with Gasteiger partial charge in [0.25, 0.3) is 0 Å². The molecule has 1 unspecified atom stereocenters. The van der Waals surface area contributed by atoms with Gasteiger partial charge in [-0.1, -0.05) is 35.0 Å². The van der Waals surface area contributed by atoms with Crippen LogP contribution in [0.15, 0.2) is 24.3 Å². The molecule has 0 bridgehead atoms. The third-order valence-electron chi connectivity index (χ3n) is 2.86. The lowest BCUT2D eigenvalue weighted by Crippen LogP contribution is -2.18. The molecule has 0 N–H and O–H groups in total. The van der Waals surface area contributed by atoms with Crippen LogP contribution >= 0.6 is 15.9 Å². The van der Waals surface area contributed by atoms with Crippen molar-refractivity contribution in [3.63, 3.8) is 0 Å². The maximum Gasteiger partial charge on any atom is 0.319 e. The summed E-state index contributed by atoms with van der Waals surface area (Å²) in [6.45, 7) is 5.15. The van der Waals surface area contributed by atoms with Crippen LogP contribution in [0.4, 0.5) is 0 Å². The van der Waals surface area contributed by atoms with Gasteiger partial charge >= 0.3 is 5.97 Å². The second-order valence-electron chi connectivity index (χ2n) is 4.60. The summed E-state index contributed by atoms with van der Waals surface area (Å²) in [4.78, 5) is 11.4. The minimum Gasteiger partial charge on any atom is -0.494 e. The molecule has 0 aromatic heterocycles. The molecular formula is C16H23BrO3. The van der Waals surface area contributed by atoms with Gasteiger partial charge < -0.3 is 9.47 Å². The van der Waals surface area contributed by atoms with Crippen molar-refractivity contribution in [3.05, 3.63) is 29.8 Å². The number of carbonyl (C=O) groups excluding carboxylic acids is 1. The lowest BCUT2D eigenvalue weighted by Gasteiger charge is -2.09. The minimum atomic E-state index is -0.197. The fourth-order valence-electron chi connectivity index (χ4n) is 1.82. The van der Waals surface area contributed by atoms with Gasteiger partial charge in [0.2, 0.25) is 0 Å². The van der Waals surface area contributed by atoms with Crippen LogP contribution in [0.2, 0.25) is 0 Å². The van der Waals surface area contributed by atoms with Crippen LogP contribution in [0.1, 0.15) is 38.7 Å². The van der Waals surface area contributed by atoms with Crippen molar-refractivity contribution in [2.75, 3.05) is 13.2 Å². The molecular weight excluding hydrogens is 320 g/mol. The first-order valence-electron chi connectivity index (χ1n) is 7.19. The second kappa shape index (κ2) is 9.81. The largest absolute Gasteiger partial charge is 0.494 e. The second-order valence-corrected chi connectivity index (χ2v) is 5.71. The van der Waals surface area contributed by atoms with E-state index in [4.69, 9.17) is 9.47 Å². The molecule has 0 heterocycles. The van der Waals surface area contributed by atoms with Crippen molar-refractivity contribution in [2.45, 2.75) is 44.4 Å². The fraction of sp³-hybridized carbons (Fsp3) is 0.562. The highest BCUT2D eigenvalue weighted by molar-refractivity contribution is 9.10. The van der Waals surface area contributed by atoms with Gasteiger partial charge in [-0.2, -0.15) is 0 Å². The van der Waals surface area contributed by atoms with Crippen molar-refractivity contribution in [2.24, 2.45) is 0 Å². The quantitative estimate of drug-likeness (QED) is 0.500. The van der Waals surface area contributed by atoms with Crippen LogP contribution in [0.3, 0.4) is 0 Å². The number of esters is 1. The summed E-state index contributed by atoms with van der Waals surface area (Å²) in [6.07, 6.45) is 3.55. The number of aryl methyl sites for hydroxylation is 1. The van der Waals surface area contributed by atoms with Crippen molar-refractivity contribution in [3.8, 4) is 5.75 Å². The molecule has 0 fully saturated rings. The van der Waals surface area contributed by atoms with E-state index in [0.717, 1.165) is 31.4 Å². The van der Waals surface area contributed by atoms with Crippen LogP contribution in [-0.4, -0.2) is 24.0 Å². The Morgan fingerprint density at radius 1 is 1.25 bits per heavy atom. The molecule has 1 atom stereocenters. The molecule has 112 valence electrons. The molecule has 0 saturated carbocycles. The van der Waals surface area contributed by atoms with Gasteiger partial charge in [0.1, 0.15) is 10.6 Å². The Morgan fingerprint density at radius 3 is 2.55 bits per heavy atom. The van der Waals surface area contributed by atoms with E-state index in [1.807, 2.05) is 26.0 Å². The van der Waals surface area contributed by atoms with Crippen molar-refractivity contribution in [1.29, 1.82) is 0 Å². The Kier molecular flexibility index (Phi) is 8.35. The summed E-state index contributed by atoms with van der Waals surface area (Å²) < 4.78 is 10.5. The Hall–Kier alpha value is -1.03. The number of ether oxygens (including phenoxy) is 2. The van der Waals surface area contributed by atoms with Crippen LogP contribution in [-0.2, 0) is 16.0 Å². The highest BCUT2D eigenvalue weighted by atomic mass is 79.9. The third kappa shape index (κ3) is 6.42. The number of benzene rings is 1. The number of rotatable bonds is 9. The molecule has 20 heavy (non-hydrogen) atoms. The van der Waals surface area contributed by atoms with E-state index in [0.29, 0.717) is 13.2 Å². The Bertz CT molecular complexity index is 389. The molecule has 1 aromatic rings. The number of alkyl halides is 1. The van der Waals surface area contributed by atoms with Crippen LogP contribution < -0.4 is 4.74 Å². The molecule has 0 saturated heterocycles. The van der Waals surface area contributed by atoms with Gasteiger partial charge in [-0.3, -0.25) is 4.79 Å². The monoisotopic (exact) mass is 342 g/mol. The van der Waals surface area contributed by atoms with Gasteiger partial charge in [-0.05, 0) is 50.3 Å². The zero-order valence-corrected chi connectivity index (χ0v) is 13.8. The maximum absolute atomic E-state index is 11.6. The highest BCUT2D eigenvalue weighted by Gasteiger charge is 2.15. The van der Waals surface area contributed by atoms with Crippen molar-refractivity contribution >= 4 is 21.9 Å². The van der Waals surface area contributed by atoms with Crippen molar-refractivity contribution < 1.29 is 14.3 Å². The van der Waals surface area contributed by atoms with E-state index in [1.54, 1.807) is 0 Å². The van der Waals surface area contributed by atoms with Crippen molar-refractivity contribution in [1.82, 2.24) is 0 Å². The Labute approximate surface area is 129 Å². The van der Waals surface area contributed by atoms with Gasteiger partial charge in [0.05, 0.1) is 13.2 Å². The number of hydrogen-bond acceptors (Lipinski definition) is 3. The highest BCUT2D eigenvalue weighted by Crippen LogP contribution is 2.16. The summed E-state index contributed by atoms with van der Waals surface area (Å²) in [5.74, 6) is 0.747. The van der Waals surface area contributed by atoms with Gasteiger partial charge in [-0.25, -0.2) is 0 Å². The van der Waals surface area contributed by atoms with Gasteiger partial charge in [0, 0.05) is 0 Å². The summed E-state index contributed by atoms with van der Waals surface area (Å²) in [6, 6.07) is 8.12. The number of carbonyl (C=O) groups is 1. The third-order valence-corrected chi connectivity index (χ3v) is 3.69. The van der Waals surface area contributed by atoms with Gasteiger partial charge in [0.15, 0.2) is 0 Å². The normalized spacial score (nSPS) is 11.9. The number of halogens is 1. The summed E-state index contributed by atoms with van der Waals surface area (Å²) in [5, 5.41) is 0. The standard InChI is InChI=1S/C16H23BrO3/c1-3-12-20-16(18)15(17)7-5-6-13-8-10-14(11-9-13)19-4-2/h8-11,15H,3-7,12H2,1-2H3. The van der Waals surface area contributed by atoms with E-state index >= 15 is 0 Å². The minimum absolute atomic E-state index is 0.154. The summed E-state index contributed by atoms with van der Waals surface area (Å²) >= 11 is 3.38. The average molecular weight is 343 g/mol. The first kappa shape index (κ1) is 17.0. The van der Waals surface area contributed by atoms with E-state index < -0.39 is 0 Å². The molecule has 0 spiro atoms. The molecule has 0 aliphatic rings. The summed E-state index contributed by atoms with van der Waals surface area (Å²) in [7, 11) is 0. The van der Waals surface area contributed by atoms with Crippen LogP contribution in [0.25, 0.3) is 0 Å². The van der Waals surface area contributed by atoms with Gasteiger partial charge in [-0.15, -0.1) is 0 Å².